The molecule has 96 valence electrons. The van der Waals surface area contributed by atoms with E-state index < -0.39 is 0 Å². The Labute approximate surface area is 104 Å². The van der Waals surface area contributed by atoms with Crippen molar-refractivity contribution in [1.82, 2.24) is 9.78 Å². The Balaban J connectivity index is 2.32. The molecule has 0 saturated carbocycles. The number of nitrogens with one attached hydrogen (secondary N) is 1. The van der Waals surface area contributed by atoms with Crippen LogP contribution >= 0.6 is 0 Å². The van der Waals surface area contributed by atoms with Gasteiger partial charge >= 0.3 is 0 Å². The molecule has 0 aliphatic heterocycles. The molecule has 2 rings (SSSR count). The summed E-state index contributed by atoms with van der Waals surface area (Å²) in [6.45, 7) is 4.28. The molecule has 1 aromatic carbocycles. The molecule has 1 heterocycles. The first-order chi connectivity index (χ1) is 8.49. The third-order valence-corrected chi connectivity index (χ3v) is 2.85. The molecule has 0 bridgehead atoms. The zero-order valence-electron chi connectivity index (χ0n) is 10.4. The number of anilines is 1. The van der Waals surface area contributed by atoms with Crippen molar-refractivity contribution in [1.29, 1.82) is 0 Å². The minimum absolute atomic E-state index is 0.159. The van der Waals surface area contributed by atoms with Crippen LogP contribution in [0.5, 0.6) is 0 Å². The van der Waals surface area contributed by atoms with Crippen LogP contribution in [0.3, 0.4) is 0 Å². The Morgan fingerprint density at radius 3 is 2.44 bits per heavy atom. The van der Waals surface area contributed by atoms with Gasteiger partial charge in [0.2, 0.25) is 0 Å². The van der Waals surface area contributed by atoms with Gasteiger partial charge in [0.1, 0.15) is 11.5 Å². The number of H-pyrrole nitrogens is 1. The lowest BCUT2D eigenvalue weighted by Crippen LogP contribution is -2.19. The molecular formula is C13H16FN3O. The monoisotopic (exact) mass is 249 g/mol. The van der Waals surface area contributed by atoms with E-state index in [0.717, 1.165) is 11.3 Å². The van der Waals surface area contributed by atoms with Crippen molar-refractivity contribution >= 4 is 5.69 Å². The fraction of sp³-hybridized carbons (Fsp3) is 0.308. The summed E-state index contributed by atoms with van der Waals surface area (Å²) in [5, 5.41) is 3.00. The maximum atomic E-state index is 12.8. The Morgan fingerprint density at radius 1 is 1.33 bits per heavy atom. The molecule has 2 aromatic rings. The van der Waals surface area contributed by atoms with Crippen LogP contribution in [0, 0.1) is 5.82 Å². The summed E-state index contributed by atoms with van der Waals surface area (Å²) in [5.41, 5.74) is 7.36. The van der Waals surface area contributed by atoms with Crippen LogP contribution < -0.4 is 11.3 Å². The topological polar surface area (TPSA) is 63.8 Å². The molecule has 0 unspecified atom stereocenters. The minimum atomic E-state index is -0.292. The van der Waals surface area contributed by atoms with Crippen molar-refractivity contribution in [2.24, 2.45) is 0 Å². The first-order valence-corrected chi connectivity index (χ1v) is 5.81. The maximum absolute atomic E-state index is 12.8. The molecule has 18 heavy (non-hydrogen) atoms. The fourth-order valence-electron chi connectivity index (χ4n) is 1.84. The van der Waals surface area contributed by atoms with Gasteiger partial charge in [-0.3, -0.25) is 9.89 Å². The largest absolute Gasteiger partial charge is 0.393 e. The predicted molar refractivity (Wildman–Crippen MR) is 69.1 cm³/mol. The lowest BCUT2D eigenvalue weighted by molar-refractivity contribution is 0.619. The van der Waals surface area contributed by atoms with E-state index in [1.807, 2.05) is 13.8 Å². The molecule has 0 atom stereocenters. The van der Waals surface area contributed by atoms with Crippen LogP contribution in [0.25, 0.3) is 0 Å². The summed E-state index contributed by atoms with van der Waals surface area (Å²) in [6, 6.07) is 6.04. The van der Waals surface area contributed by atoms with E-state index in [4.69, 9.17) is 5.73 Å². The van der Waals surface area contributed by atoms with Crippen LogP contribution in [0.1, 0.15) is 31.0 Å². The van der Waals surface area contributed by atoms with E-state index in [1.165, 1.54) is 16.8 Å². The van der Waals surface area contributed by atoms with E-state index >= 15 is 0 Å². The third kappa shape index (κ3) is 2.30. The number of halogens is 1. The van der Waals surface area contributed by atoms with Crippen molar-refractivity contribution in [3.63, 3.8) is 0 Å². The Bertz CT molecular complexity index is 596. The van der Waals surface area contributed by atoms with Gasteiger partial charge in [-0.25, -0.2) is 9.07 Å². The third-order valence-electron chi connectivity index (χ3n) is 2.85. The quantitative estimate of drug-likeness (QED) is 0.874. The van der Waals surface area contributed by atoms with Gasteiger partial charge in [0.25, 0.3) is 5.56 Å². The van der Waals surface area contributed by atoms with E-state index in [9.17, 15) is 9.18 Å². The smallest absolute Gasteiger partial charge is 0.290 e. The highest BCUT2D eigenvalue weighted by Crippen LogP contribution is 2.16. The summed E-state index contributed by atoms with van der Waals surface area (Å²) in [7, 11) is 0. The number of hydrogen-bond acceptors (Lipinski definition) is 2. The maximum Gasteiger partial charge on any atom is 0.290 e. The van der Waals surface area contributed by atoms with Gasteiger partial charge in [-0.2, -0.15) is 0 Å². The van der Waals surface area contributed by atoms with Crippen LogP contribution in [0.15, 0.2) is 29.1 Å². The van der Waals surface area contributed by atoms with Gasteiger partial charge < -0.3 is 5.73 Å². The number of nitrogens with two attached hydrogens (primary N) is 1. The van der Waals surface area contributed by atoms with Crippen molar-refractivity contribution in [2.75, 3.05) is 5.73 Å². The highest BCUT2D eigenvalue weighted by Gasteiger charge is 2.13. The second-order valence-corrected chi connectivity index (χ2v) is 4.61. The van der Waals surface area contributed by atoms with Gasteiger partial charge in [-0.15, -0.1) is 0 Å². The number of benzene rings is 1. The van der Waals surface area contributed by atoms with Crippen LogP contribution in [0.4, 0.5) is 10.1 Å². The lowest BCUT2D eigenvalue weighted by atomic mass is 10.1. The molecular weight excluding hydrogens is 233 g/mol. The van der Waals surface area contributed by atoms with Crippen LogP contribution in [-0.4, -0.2) is 9.78 Å². The number of aromatic amines is 1. The number of rotatable bonds is 3. The van der Waals surface area contributed by atoms with Crippen molar-refractivity contribution < 1.29 is 4.39 Å². The minimum Gasteiger partial charge on any atom is -0.393 e. The van der Waals surface area contributed by atoms with E-state index in [1.54, 1.807) is 12.1 Å². The molecule has 0 spiro atoms. The van der Waals surface area contributed by atoms with Gasteiger partial charge in [-0.05, 0) is 23.6 Å². The van der Waals surface area contributed by atoms with E-state index in [-0.39, 0.29) is 23.0 Å². The summed E-state index contributed by atoms with van der Waals surface area (Å²) in [5.74, 6) is -0.132. The molecule has 0 radical (unpaired) electrons. The van der Waals surface area contributed by atoms with Gasteiger partial charge in [0.05, 0.1) is 12.2 Å². The summed E-state index contributed by atoms with van der Waals surface area (Å²) in [4.78, 5) is 11.9. The Morgan fingerprint density at radius 2 is 1.94 bits per heavy atom. The molecule has 1 aromatic heterocycles. The van der Waals surface area contributed by atoms with Gasteiger partial charge in [0.15, 0.2) is 0 Å². The van der Waals surface area contributed by atoms with Crippen molar-refractivity contribution in [3.05, 3.63) is 51.7 Å². The standard InChI is InChI=1S/C13H16FN3O/c1-8(2)12-11(15)13(18)17(16-12)7-9-3-5-10(14)6-4-9/h3-6,8,16H,7,15H2,1-2H3. The molecule has 0 aliphatic rings. The molecule has 0 aliphatic carbocycles. The molecule has 0 amide bonds. The number of hydrogen-bond donors (Lipinski definition) is 2. The molecule has 4 nitrogen and oxygen atoms in total. The molecule has 0 saturated heterocycles. The number of aromatic nitrogens is 2. The average Bonchev–Trinajstić information content (AvgIpc) is 2.60. The molecule has 5 heteroatoms. The molecule has 0 fully saturated rings. The lowest BCUT2D eigenvalue weighted by Gasteiger charge is -2.04. The Kier molecular flexibility index (Phi) is 3.23. The van der Waals surface area contributed by atoms with E-state index in [2.05, 4.69) is 5.10 Å². The average molecular weight is 249 g/mol. The Hall–Kier alpha value is -2.04. The number of nitrogens with zero attached hydrogens (tertiary/aromatic N) is 1. The van der Waals surface area contributed by atoms with Gasteiger partial charge in [-0.1, -0.05) is 26.0 Å². The highest BCUT2D eigenvalue weighted by molar-refractivity contribution is 5.42. The van der Waals surface area contributed by atoms with Crippen molar-refractivity contribution in [2.45, 2.75) is 26.3 Å². The predicted octanol–water partition coefficient (Wildman–Crippen LogP) is 2.07. The van der Waals surface area contributed by atoms with Crippen molar-refractivity contribution in [3.8, 4) is 0 Å². The van der Waals surface area contributed by atoms with E-state index in [0.29, 0.717) is 6.54 Å². The second kappa shape index (κ2) is 4.68. The SMILES string of the molecule is CC(C)c1[nH]n(Cc2ccc(F)cc2)c(=O)c1N. The first-order valence-electron chi connectivity index (χ1n) is 5.81. The zero-order chi connectivity index (χ0) is 13.3. The zero-order valence-corrected chi connectivity index (χ0v) is 10.4. The molecule has 3 N–H and O–H groups in total. The second-order valence-electron chi connectivity index (χ2n) is 4.61. The van der Waals surface area contributed by atoms with Crippen LogP contribution in [0.2, 0.25) is 0 Å². The fourth-order valence-corrected chi connectivity index (χ4v) is 1.84. The summed E-state index contributed by atoms with van der Waals surface area (Å²) < 4.78 is 14.2. The van der Waals surface area contributed by atoms with Gasteiger partial charge in [0, 0.05) is 0 Å². The first kappa shape index (κ1) is 12.4. The van der Waals surface area contributed by atoms with Crippen LogP contribution in [-0.2, 0) is 6.54 Å². The number of nitrogen functional groups attached to an aromatic ring is 1. The summed E-state index contributed by atoms with van der Waals surface area (Å²) >= 11 is 0. The summed E-state index contributed by atoms with van der Waals surface area (Å²) in [6.07, 6.45) is 0. The highest BCUT2D eigenvalue weighted by atomic mass is 19.1. The normalized spacial score (nSPS) is 11.1.